The van der Waals surface area contributed by atoms with E-state index in [1.165, 1.54) is 11.8 Å². The first-order chi connectivity index (χ1) is 8.69. The van der Waals surface area contributed by atoms with Crippen LogP contribution in [-0.4, -0.2) is 16.5 Å². The summed E-state index contributed by atoms with van der Waals surface area (Å²) in [5, 5.41) is 1.92. The first-order valence-electron chi connectivity index (χ1n) is 5.33. The van der Waals surface area contributed by atoms with E-state index in [0.717, 1.165) is 16.9 Å². The van der Waals surface area contributed by atoms with Crippen molar-refractivity contribution >= 4 is 35.0 Å². The van der Waals surface area contributed by atoms with Gasteiger partial charge in [0.2, 0.25) is 0 Å². The molecule has 2 rings (SSSR count). The van der Waals surface area contributed by atoms with Crippen LogP contribution in [0.1, 0.15) is 5.56 Å². The van der Waals surface area contributed by atoms with Crippen LogP contribution in [-0.2, 0) is 6.42 Å². The molecule has 18 heavy (non-hydrogen) atoms. The van der Waals surface area contributed by atoms with Crippen molar-refractivity contribution < 1.29 is 0 Å². The van der Waals surface area contributed by atoms with Crippen LogP contribution >= 0.6 is 35.0 Å². The van der Waals surface area contributed by atoms with Gasteiger partial charge < -0.3 is 5.73 Å². The Morgan fingerprint density at radius 3 is 2.56 bits per heavy atom. The monoisotopic (exact) mass is 299 g/mol. The van der Waals surface area contributed by atoms with Gasteiger partial charge in [0, 0.05) is 22.3 Å². The third kappa shape index (κ3) is 3.59. The van der Waals surface area contributed by atoms with Gasteiger partial charge in [-0.05, 0) is 48.5 Å². The standard InChI is InChI=1S/C12H11Cl2N3S/c13-9-1-2-10(14)11(5-9)18-12-16-6-8(3-4-15)7-17-12/h1-2,5-7H,3-4,15H2. The van der Waals surface area contributed by atoms with E-state index in [1.54, 1.807) is 30.6 Å². The van der Waals surface area contributed by atoms with Gasteiger partial charge in [0.1, 0.15) is 0 Å². The van der Waals surface area contributed by atoms with Crippen LogP contribution in [0.4, 0.5) is 0 Å². The van der Waals surface area contributed by atoms with Crippen LogP contribution in [0.3, 0.4) is 0 Å². The third-order valence-electron chi connectivity index (χ3n) is 2.21. The van der Waals surface area contributed by atoms with Crippen molar-refractivity contribution in [3.05, 3.63) is 46.2 Å². The maximum absolute atomic E-state index is 6.08. The average Bonchev–Trinajstić information content (AvgIpc) is 2.37. The number of benzene rings is 1. The highest BCUT2D eigenvalue weighted by Gasteiger charge is 2.06. The van der Waals surface area contributed by atoms with E-state index in [-0.39, 0.29) is 0 Å². The Morgan fingerprint density at radius 2 is 1.89 bits per heavy atom. The minimum Gasteiger partial charge on any atom is -0.330 e. The molecule has 2 N–H and O–H groups in total. The molecule has 0 aliphatic heterocycles. The van der Waals surface area contributed by atoms with Gasteiger partial charge in [0.15, 0.2) is 5.16 Å². The number of halogens is 2. The molecule has 1 aromatic heterocycles. The zero-order valence-electron chi connectivity index (χ0n) is 9.44. The van der Waals surface area contributed by atoms with Gasteiger partial charge in [-0.25, -0.2) is 9.97 Å². The Morgan fingerprint density at radius 1 is 1.17 bits per heavy atom. The molecular formula is C12H11Cl2N3S. The van der Waals surface area contributed by atoms with Crippen molar-refractivity contribution in [3.63, 3.8) is 0 Å². The van der Waals surface area contributed by atoms with Gasteiger partial charge in [0.05, 0.1) is 5.02 Å². The molecular weight excluding hydrogens is 289 g/mol. The molecule has 0 fully saturated rings. The zero-order chi connectivity index (χ0) is 13.0. The fourth-order valence-electron chi connectivity index (χ4n) is 1.35. The van der Waals surface area contributed by atoms with Gasteiger partial charge in [-0.3, -0.25) is 0 Å². The topological polar surface area (TPSA) is 51.8 Å². The van der Waals surface area contributed by atoms with E-state index in [9.17, 15) is 0 Å². The Kier molecular flexibility index (Phi) is 4.83. The minimum atomic E-state index is 0.593. The third-order valence-corrected chi connectivity index (χ3v) is 3.84. The highest BCUT2D eigenvalue weighted by molar-refractivity contribution is 7.99. The summed E-state index contributed by atoms with van der Waals surface area (Å²) in [6.45, 7) is 0.593. The van der Waals surface area contributed by atoms with E-state index in [1.807, 2.05) is 0 Å². The first kappa shape index (κ1) is 13.6. The van der Waals surface area contributed by atoms with Crippen LogP contribution in [0.2, 0.25) is 10.0 Å². The lowest BCUT2D eigenvalue weighted by Crippen LogP contribution is -2.03. The normalized spacial score (nSPS) is 10.6. The molecule has 0 atom stereocenters. The number of rotatable bonds is 4. The Bertz CT molecular complexity index is 531. The molecule has 0 aliphatic rings. The lowest BCUT2D eigenvalue weighted by Gasteiger charge is -2.04. The number of nitrogens with two attached hydrogens (primary N) is 1. The van der Waals surface area contributed by atoms with Crippen LogP contribution in [0.5, 0.6) is 0 Å². The van der Waals surface area contributed by atoms with Gasteiger partial charge >= 0.3 is 0 Å². The van der Waals surface area contributed by atoms with Crippen LogP contribution in [0, 0.1) is 0 Å². The lowest BCUT2D eigenvalue weighted by atomic mass is 10.2. The molecule has 94 valence electrons. The summed E-state index contributed by atoms with van der Waals surface area (Å²) in [5.74, 6) is 0. The van der Waals surface area contributed by atoms with Crippen LogP contribution in [0.25, 0.3) is 0 Å². The Labute approximate surface area is 120 Å². The highest BCUT2D eigenvalue weighted by atomic mass is 35.5. The number of aromatic nitrogens is 2. The molecule has 0 spiro atoms. The summed E-state index contributed by atoms with van der Waals surface area (Å²) in [4.78, 5) is 9.36. The molecule has 0 radical (unpaired) electrons. The fraction of sp³-hybridized carbons (Fsp3) is 0.167. The molecule has 0 aliphatic carbocycles. The van der Waals surface area contributed by atoms with Gasteiger partial charge in [-0.15, -0.1) is 0 Å². The van der Waals surface area contributed by atoms with E-state index < -0.39 is 0 Å². The van der Waals surface area contributed by atoms with E-state index in [2.05, 4.69) is 9.97 Å². The second-order valence-electron chi connectivity index (χ2n) is 3.59. The van der Waals surface area contributed by atoms with E-state index >= 15 is 0 Å². The molecule has 1 aromatic carbocycles. The molecule has 0 bridgehead atoms. The largest absolute Gasteiger partial charge is 0.330 e. The maximum Gasteiger partial charge on any atom is 0.192 e. The van der Waals surface area contributed by atoms with Crippen molar-refractivity contribution in [2.45, 2.75) is 16.5 Å². The van der Waals surface area contributed by atoms with Crippen molar-refractivity contribution in [1.29, 1.82) is 0 Å². The number of hydrogen-bond donors (Lipinski definition) is 1. The maximum atomic E-state index is 6.08. The molecule has 0 amide bonds. The van der Waals surface area contributed by atoms with E-state index in [0.29, 0.717) is 21.7 Å². The van der Waals surface area contributed by atoms with Gasteiger partial charge in [-0.1, -0.05) is 23.2 Å². The average molecular weight is 300 g/mol. The molecule has 0 saturated carbocycles. The predicted octanol–water partition coefficient (Wildman–Crippen LogP) is 3.44. The SMILES string of the molecule is NCCc1cnc(Sc2cc(Cl)ccc2Cl)nc1. The quantitative estimate of drug-likeness (QED) is 0.879. The molecule has 3 nitrogen and oxygen atoms in total. The summed E-state index contributed by atoms with van der Waals surface area (Å²) in [6.07, 6.45) is 4.34. The first-order valence-corrected chi connectivity index (χ1v) is 6.90. The molecule has 2 aromatic rings. The number of nitrogens with zero attached hydrogens (tertiary/aromatic N) is 2. The van der Waals surface area contributed by atoms with Crippen molar-refractivity contribution in [1.82, 2.24) is 9.97 Å². The van der Waals surface area contributed by atoms with E-state index in [4.69, 9.17) is 28.9 Å². The van der Waals surface area contributed by atoms with Crippen molar-refractivity contribution in [2.75, 3.05) is 6.54 Å². The molecule has 1 heterocycles. The zero-order valence-corrected chi connectivity index (χ0v) is 11.8. The summed E-state index contributed by atoms with van der Waals surface area (Å²) < 4.78 is 0. The van der Waals surface area contributed by atoms with Gasteiger partial charge in [-0.2, -0.15) is 0 Å². The Hall–Kier alpha value is -0.810. The molecule has 0 unspecified atom stereocenters. The minimum absolute atomic E-state index is 0.593. The summed E-state index contributed by atoms with van der Waals surface area (Å²) in [7, 11) is 0. The second-order valence-corrected chi connectivity index (χ2v) is 5.44. The number of hydrogen-bond acceptors (Lipinski definition) is 4. The van der Waals surface area contributed by atoms with Crippen LogP contribution in [0.15, 0.2) is 40.6 Å². The van der Waals surface area contributed by atoms with Crippen LogP contribution < -0.4 is 5.73 Å². The van der Waals surface area contributed by atoms with Crippen molar-refractivity contribution in [2.24, 2.45) is 5.73 Å². The Balaban J connectivity index is 2.15. The summed E-state index contributed by atoms with van der Waals surface area (Å²) >= 11 is 13.4. The summed E-state index contributed by atoms with van der Waals surface area (Å²) in [5.41, 5.74) is 6.49. The highest BCUT2D eigenvalue weighted by Crippen LogP contribution is 2.33. The molecule has 0 saturated heterocycles. The fourth-order valence-corrected chi connectivity index (χ4v) is 2.57. The lowest BCUT2D eigenvalue weighted by molar-refractivity contribution is 0.890. The second kappa shape index (κ2) is 6.38. The molecule has 6 heteroatoms. The van der Waals surface area contributed by atoms with Gasteiger partial charge in [0.25, 0.3) is 0 Å². The van der Waals surface area contributed by atoms with Crippen molar-refractivity contribution in [3.8, 4) is 0 Å². The predicted molar refractivity (Wildman–Crippen MR) is 75.4 cm³/mol. The smallest absolute Gasteiger partial charge is 0.192 e. The summed E-state index contributed by atoms with van der Waals surface area (Å²) in [6, 6.07) is 5.31.